The van der Waals surface area contributed by atoms with Gasteiger partial charge in [-0.1, -0.05) is 12.1 Å². The van der Waals surface area contributed by atoms with Crippen LogP contribution < -0.4 is 20.1 Å². The lowest BCUT2D eigenvalue weighted by Crippen LogP contribution is -2.18. The Kier molecular flexibility index (Phi) is 7.56. The standard InChI is InChI=1S/C20H20N4O5/c1-28-17-5-3-4-14(10-17)8-9-22-13-15(12-21)20(25)23-18-7-6-16(24(26)27)11-19(18)29-2/h3-7,10-11,13,22H,8-9H2,1-2H3,(H,23,25)/b15-13-. The van der Waals surface area contributed by atoms with Gasteiger partial charge in [0, 0.05) is 18.8 Å². The van der Waals surface area contributed by atoms with Crippen molar-refractivity contribution in [1.82, 2.24) is 5.32 Å². The van der Waals surface area contributed by atoms with E-state index in [0.717, 1.165) is 11.3 Å². The second-order valence-electron chi connectivity index (χ2n) is 5.82. The summed E-state index contributed by atoms with van der Waals surface area (Å²) in [6.45, 7) is 0.506. The fourth-order valence-electron chi connectivity index (χ4n) is 2.45. The van der Waals surface area contributed by atoms with Crippen LogP contribution >= 0.6 is 0 Å². The van der Waals surface area contributed by atoms with Crippen molar-refractivity contribution in [2.75, 3.05) is 26.1 Å². The van der Waals surface area contributed by atoms with Gasteiger partial charge in [0.25, 0.3) is 11.6 Å². The number of nitriles is 1. The molecule has 0 saturated carbocycles. The summed E-state index contributed by atoms with van der Waals surface area (Å²) in [5.74, 6) is 0.219. The summed E-state index contributed by atoms with van der Waals surface area (Å²) >= 11 is 0. The van der Waals surface area contributed by atoms with Gasteiger partial charge in [-0.05, 0) is 30.2 Å². The molecule has 0 bridgehead atoms. The van der Waals surface area contributed by atoms with E-state index in [1.807, 2.05) is 30.3 Å². The number of nitrogens with one attached hydrogen (secondary N) is 2. The molecule has 1 amide bonds. The van der Waals surface area contributed by atoms with Gasteiger partial charge in [-0.2, -0.15) is 5.26 Å². The predicted molar refractivity (Wildman–Crippen MR) is 107 cm³/mol. The molecule has 0 heterocycles. The number of carbonyl (C=O) groups is 1. The maximum absolute atomic E-state index is 12.3. The quantitative estimate of drug-likeness (QED) is 0.219. The van der Waals surface area contributed by atoms with Gasteiger partial charge in [0.15, 0.2) is 0 Å². The largest absolute Gasteiger partial charge is 0.497 e. The molecule has 0 spiro atoms. The van der Waals surface area contributed by atoms with Crippen molar-refractivity contribution < 1.29 is 19.2 Å². The molecule has 29 heavy (non-hydrogen) atoms. The molecule has 9 nitrogen and oxygen atoms in total. The Bertz CT molecular complexity index is 966. The number of nitrogens with zero attached hydrogens (tertiary/aromatic N) is 2. The van der Waals surface area contributed by atoms with E-state index in [4.69, 9.17) is 9.47 Å². The molecule has 0 unspecified atom stereocenters. The summed E-state index contributed by atoms with van der Waals surface area (Å²) in [5, 5.41) is 25.5. The highest BCUT2D eigenvalue weighted by molar-refractivity contribution is 6.07. The summed E-state index contributed by atoms with van der Waals surface area (Å²) in [5.41, 5.74) is 0.954. The molecule has 2 rings (SSSR count). The number of nitro benzene ring substituents is 1. The third kappa shape index (κ3) is 5.97. The lowest BCUT2D eigenvalue weighted by Gasteiger charge is -2.10. The van der Waals surface area contributed by atoms with Crippen LogP contribution in [0.5, 0.6) is 11.5 Å². The second-order valence-corrected chi connectivity index (χ2v) is 5.82. The molecule has 0 aliphatic rings. The van der Waals surface area contributed by atoms with Crippen molar-refractivity contribution >= 4 is 17.3 Å². The highest BCUT2D eigenvalue weighted by atomic mass is 16.6. The second kappa shape index (κ2) is 10.3. The van der Waals surface area contributed by atoms with Crippen LogP contribution in [0.15, 0.2) is 54.2 Å². The summed E-state index contributed by atoms with van der Waals surface area (Å²) in [4.78, 5) is 22.6. The molecule has 0 aromatic heterocycles. The van der Waals surface area contributed by atoms with E-state index in [-0.39, 0.29) is 22.7 Å². The SMILES string of the molecule is COc1cccc(CCN/C=C(/C#N)C(=O)Nc2ccc([N+](=O)[O-])cc2OC)c1. The van der Waals surface area contributed by atoms with Crippen molar-refractivity contribution in [3.8, 4) is 17.6 Å². The van der Waals surface area contributed by atoms with Gasteiger partial charge in [0.05, 0.1) is 30.9 Å². The molecule has 150 valence electrons. The van der Waals surface area contributed by atoms with Gasteiger partial charge >= 0.3 is 0 Å². The third-order valence-electron chi connectivity index (χ3n) is 3.95. The van der Waals surface area contributed by atoms with Crippen molar-refractivity contribution in [2.24, 2.45) is 0 Å². The average molecular weight is 396 g/mol. The molecular formula is C20H20N4O5. The zero-order chi connectivity index (χ0) is 21.2. The summed E-state index contributed by atoms with van der Waals surface area (Å²) < 4.78 is 10.2. The first-order valence-corrected chi connectivity index (χ1v) is 8.59. The number of methoxy groups -OCH3 is 2. The molecule has 0 aliphatic carbocycles. The fourth-order valence-corrected chi connectivity index (χ4v) is 2.45. The van der Waals surface area contributed by atoms with Crippen LogP contribution in [-0.4, -0.2) is 31.6 Å². The van der Waals surface area contributed by atoms with E-state index in [2.05, 4.69) is 10.6 Å². The fraction of sp³-hybridized carbons (Fsp3) is 0.200. The Labute approximate surface area is 167 Å². The lowest BCUT2D eigenvalue weighted by molar-refractivity contribution is -0.384. The first-order valence-electron chi connectivity index (χ1n) is 8.59. The third-order valence-corrected chi connectivity index (χ3v) is 3.95. The Morgan fingerprint density at radius 3 is 2.69 bits per heavy atom. The lowest BCUT2D eigenvalue weighted by atomic mass is 10.1. The number of amides is 1. The number of benzene rings is 2. The van der Waals surface area contributed by atoms with Crippen molar-refractivity contribution in [1.29, 1.82) is 5.26 Å². The molecule has 0 radical (unpaired) electrons. The molecule has 0 fully saturated rings. The van der Waals surface area contributed by atoms with Gasteiger partial charge in [0.1, 0.15) is 23.1 Å². The molecule has 2 aromatic carbocycles. The minimum absolute atomic E-state index is 0.121. The summed E-state index contributed by atoms with van der Waals surface area (Å²) in [7, 11) is 2.92. The van der Waals surface area contributed by atoms with Crippen LogP contribution in [0.1, 0.15) is 5.56 Å². The summed E-state index contributed by atoms with van der Waals surface area (Å²) in [6.07, 6.45) is 2.00. The van der Waals surface area contributed by atoms with Crippen LogP contribution in [0.25, 0.3) is 0 Å². The molecule has 0 atom stereocenters. The maximum atomic E-state index is 12.3. The number of non-ortho nitro benzene ring substituents is 1. The maximum Gasteiger partial charge on any atom is 0.273 e. The van der Waals surface area contributed by atoms with Crippen molar-refractivity contribution in [3.05, 3.63) is 69.9 Å². The minimum atomic E-state index is -0.659. The number of ether oxygens (including phenoxy) is 2. The van der Waals surface area contributed by atoms with Crippen LogP contribution in [0.4, 0.5) is 11.4 Å². The Morgan fingerprint density at radius 2 is 2.03 bits per heavy atom. The highest BCUT2D eigenvalue weighted by Crippen LogP contribution is 2.29. The van der Waals surface area contributed by atoms with E-state index >= 15 is 0 Å². The van der Waals surface area contributed by atoms with Crippen LogP contribution in [0.3, 0.4) is 0 Å². The van der Waals surface area contributed by atoms with Gasteiger partial charge in [-0.25, -0.2) is 0 Å². The molecule has 2 aromatic rings. The van der Waals surface area contributed by atoms with E-state index < -0.39 is 10.8 Å². The van der Waals surface area contributed by atoms with E-state index in [1.54, 1.807) is 7.11 Å². The zero-order valence-electron chi connectivity index (χ0n) is 16.0. The topological polar surface area (TPSA) is 127 Å². The minimum Gasteiger partial charge on any atom is -0.497 e. The van der Waals surface area contributed by atoms with Crippen LogP contribution in [-0.2, 0) is 11.2 Å². The van der Waals surface area contributed by atoms with E-state index in [0.29, 0.717) is 13.0 Å². The number of carbonyl (C=O) groups excluding carboxylic acids is 1. The number of anilines is 1. The molecule has 9 heteroatoms. The van der Waals surface area contributed by atoms with Gasteiger partial charge in [0.2, 0.25) is 0 Å². The normalized spacial score (nSPS) is 10.6. The molecule has 0 saturated heterocycles. The number of rotatable bonds is 9. The first kappa shape index (κ1) is 21.2. The monoisotopic (exact) mass is 396 g/mol. The Morgan fingerprint density at radius 1 is 1.24 bits per heavy atom. The average Bonchev–Trinajstić information content (AvgIpc) is 2.73. The van der Waals surface area contributed by atoms with Crippen LogP contribution in [0.2, 0.25) is 0 Å². The predicted octanol–water partition coefficient (Wildman–Crippen LogP) is 2.79. The first-order chi connectivity index (χ1) is 14.0. The van der Waals surface area contributed by atoms with E-state index in [1.165, 1.54) is 31.5 Å². The van der Waals surface area contributed by atoms with Crippen LogP contribution in [0, 0.1) is 21.4 Å². The van der Waals surface area contributed by atoms with E-state index in [9.17, 15) is 20.2 Å². The van der Waals surface area contributed by atoms with Crippen molar-refractivity contribution in [2.45, 2.75) is 6.42 Å². The Balaban J connectivity index is 1.99. The Hall–Kier alpha value is -4.06. The smallest absolute Gasteiger partial charge is 0.273 e. The summed E-state index contributed by atoms with van der Waals surface area (Å²) in [6, 6.07) is 13.2. The zero-order valence-corrected chi connectivity index (χ0v) is 16.0. The van der Waals surface area contributed by atoms with Gasteiger partial charge in [-0.3, -0.25) is 14.9 Å². The molecule has 0 aliphatic heterocycles. The van der Waals surface area contributed by atoms with Crippen molar-refractivity contribution in [3.63, 3.8) is 0 Å². The van der Waals surface area contributed by atoms with Gasteiger partial charge in [-0.15, -0.1) is 0 Å². The number of hydrogen-bond acceptors (Lipinski definition) is 7. The molecule has 2 N–H and O–H groups in total. The molecular weight excluding hydrogens is 376 g/mol. The van der Waals surface area contributed by atoms with Gasteiger partial charge < -0.3 is 20.1 Å². The number of nitro groups is 1. The number of hydrogen-bond donors (Lipinski definition) is 2. The highest BCUT2D eigenvalue weighted by Gasteiger charge is 2.15.